The Kier molecular flexibility index (Phi) is 3.50. The Morgan fingerprint density at radius 3 is 2.95 bits per heavy atom. The van der Waals surface area contributed by atoms with Gasteiger partial charge >= 0.3 is 0 Å². The zero-order chi connectivity index (χ0) is 13.9. The average Bonchev–Trinajstić information content (AvgIpc) is 2.46. The summed E-state index contributed by atoms with van der Waals surface area (Å²) in [4.78, 5) is 6.80. The second kappa shape index (κ2) is 5.45. The van der Waals surface area contributed by atoms with E-state index in [1.807, 2.05) is 0 Å². The summed E-state index contributed by atoms with van der Waals surface area (Å²) in [6.07, 6.45) is 3.99. The highest BCUT2D eigenvalue weighted by atomic mass is 15.3. The van der Waals surface area contributed by atoms with Gasteiger partial charge in [-0.25, -0.2) is 0 Å². The van der Waals surface area contributed by atoms with E-state index in [1.165, 1.54) is 11.3 Å². The van der Waals surface area contributed by atoms with Gasteiger partial charge in [0.25, 0.3) is 0 Å². The molecule has 3 rings (SSSR count). The first kappa shape index (κ1) is 12.8. The van der Waals surface area contributed by atoms with Gasteiger partial charge < -0.3 is 10.2 Å². The Morgan fingerprint density at radius 1 is 1.25 bits per heavy atom. The summed E-state index contributed by atoms with van der Waals surface area (Å²) in [6, 6.07) is 8.78. The van der Waals surface area contributed by atoms with Crippen molar-refractivity contribution < 1.29 is 0 Å². The summed E-state index contributed by atoms with van der Waals surface area (Å²) in [5, 5.41) is 11.3. The van der Waals surface area contributed by atoms with Gasteiger partial charge in [0.05, 0.1) is 6.20 Å². The van der Waals surface area contributed by atoms with Gasteiger partial charge in [-0.05, 0) is 38.3 Å². The van der Waals surface area contributed by atoms with E-state index in [0.29, 0.717) is 12.0 Å². The summed E-state index contributed by atoms with van der Waals surface area (Å²) in [5.41, 5.74) is 2.60. The minimum atomic E-state index is 0.292. The highest BCUT2D eigenvalue weighted by Gasteiger charge is 2.19. The van der Waals surface area contributed by atoms with Crippen LogP contribution in [0.5, 0.6) is 0 Å². The molecular weight excluding hydrogens is 250 g/mol. The minimum absolute atomic E-state index is 0.292. The van der Waals surface area contributed by atoms with Crippen LogP contribution in [0.4, 0.5) is 17.5 Å². The number of aromatic nitrogens is 3. The van der Waals surface area contributed by atoms with Gasteiger partial charge in [0.1, 0.15) is 0 Å². The Bertz CT molecular complexity index is 596. The van der Waals surface area contributed by atoms with Crippen molar-refractivity contribution in [2.75, 3.05) is 16.8 Å². The molecule has 0 radical (unpaired) electrons. The van der Waals surface area contributed by atoms with Crippen molar-refractivity contribution >= 4 is 17.5 Å². The summed E-state index contributed by atoms with van der Waals surface area (Å²) in [6.45, 7) is 5.09. The van der Waals surface area contributed by atoms with E-state index in [1.54, 1.807) is 6.20 Å². The monoisotopic (exact) mass is 269 g/mol. The van der Waals surface area contributed by atoms with Crippen molar-refractivity contribution in [3.8, 4) is 0 Å². The third-order valence-electron chi connectivity index (χ3n) is 3.35. The number of nitrogens with zero attached hydrogens (tertiary/aromatic N) is 4. The number of hydrogen-bond donors (Lipinski definition) is 1. The van der Waals surface area contributed by atoms with E-state index < -0.39 is 0 Å². The molecule has 0 bridgehead atoms. The summed E-state index contributed by atoms with van der Waals surface area (Å²) in [7, 11) is 0. The summed E-state index contributed by atoms with van der Waals surface area (Å²) < 4.78 is 0. The molecule has 20 heavy (non-hydrogen) atoms. The standard InChI is InChI=1S/C15H19N5/c1-11(2)17-15-18-14(10-16-19-15)20-9-5-7-12-6-3-4-8-13(12)20/h3-4,6,8,10-11H,5,7,9H2,1-2H3,(H,17,18,19). The number of hydrogen-bond acceptors (Lipinski definition) is 5. The second-order valence-electron chi connectivity index (χ2n) is 5.32. The van der Waals surface area contributed by atoms with Crippen LogP contribution in [-0.2, 0) is 6.42 Å². The third kappa shape index (κ3) is 2.57. The fraction of sp³-hybridized carbons (Fsp3) is 0.400. The zero-order valence-electron chi connectivity index (χ0n) is 11.9. The molecular formula is C15H19N5. The van der Waals surface area contributed by atoms with Crippen molar-refractivity contribution in [3.05, 3.63) is 36.0 Å². The van der Waals surface area contributed by atoms with Crippen molar-refractivity contribution in [2.24, 2.45) is 0 Å². The molecule has 0 amide bonds. The average molecular weight is 269 g/mol. The summed E-state index contributed by atoms with van der Waals surface area (Å²) >= 11 is 0. The van der Waals surface area contributed by atoms with Crippen LogP contribution < -0.4 is 10.2 Å². The van der Waals surface area contributed by atoms with Gasteiger partial charge in [-0.2, -0.15) is 10.1 Å². The molecule has 2 aromatic rings. The molecule has 2 heterocycles. The zero-order valence-corrected chi connectivity index (χ0v) is 11.9. The molecule has 1 N–H and O–H groups in total. The number of benzene rings is 1. The first-order valence-electron chi connectivity index (χ1n) is 7.06. The molecule has 5 heteroatoms. The van der Waals surface area contributed by atoms with E-state index in [4.69, 9.17) is 0 Å². The highest BCUT2D eigenvalue weighted by Crippen LogP contribution is 2.31. The topological polar surface area (TPSA) is 53.9 Å². The lowest BCUT2D eigenvalue weighted by molar-refractivity contribution is 0.752. The number of nitrogens with one attached hydrogen (secondary N) is 1. The predicted molar refractivity (Wildman–Crippen MR) is 80.4 cm³/mol. The van der Waals surface area contributed by atoms with E-state index in [9.17, 15) is 0 Å². The maximum atomic E-state index is 4.58. The van der Waals surface area contributed by atoms with Gasteiger partial charge in [0.15, 0.2) is 5.82 Å². The number of fused-ring (bicyclic) bond motifs is 1. The molecule has 1 aromatic carbocycles. The maximum Gasteiger partial charge on any atom is 0.244 e. The van der Waals surface area contributed by atoms with E-state index in [-0.39, 0.29) is 0 Å². The Hall–Kier alpha value is -2.17. The molecule has 1 aliphatic heterocycles. The van der Waals surface area contributed by atoms with Gasteiger partial charge in [-0.3, -0.25) is 0 Å². The number of rotatable bonds is 3. The molecule has 0 spiro atoms. The first-order valence-corrected chi connectivity index (χ1v) is 7.06. The first-order chi connectivity index (χ1) is 9.74. The van der Waals surface area contributed by atoms with E-state index in [2.05, 4.69) is 63.5 Å². The minimum Gasteiger partial charge on any atom is -0.351 e. The third-order valence-corrected chi connectivity index (χ3v) is 3.35. The van der Waals surface area contributed by atoms with Crippen LogP contribution in [0.2, 0.25) is 0 Å². The van der Waals surface area contributed by atoms with Crippen LogP contribution in [-0.4, -0.2) is 27.8 Å². The largest absolute Gasteiger partial charge is 0.351 e. The SMILES string of the molecule is CC(C)Nc1nncc(N2CCCc3ccccc32)n1. The second-order valence-corrected chi connectivity index (χ2v) is 5.32. The lowest BCUT2D eigenvalue weighted by Gasteiger charge is -2.30. The van der Waals surface area contributed by atoms with Crippen molar-refractivity contribution in [1.29, 1.82) is 0 Å². The molecule has 0 aliphatic carbocycles. The number of aryl methyl sites for hydroxylation is 1. The quantitative estimate of drug-likeness (QED) is 0.928. The van der Waals surface area contributed by atoms with Crippen LogP contribution in [0.1, 0.15) is 25.8 Å². The fourth-order valence-corrected chi connectivity index (χ4v) is 2.52. The Labute approximate surface area is 119 Å². The van der Waals surface area contributed by atoms with Crippen LogP contribution in [0, 0.1) is 0 Å². The molecule has 0 unspecified atom stereocenters. The van der Waals surface area contributed by atoms with Crippen LogP contribution in [0.3, 0.4) is 0 Å². The van der Waals surface area contributed by atoms with Gasteiger partial charge in [0.2, 0.25) is 5.95 Å². The maximum absolute atomic E-state index is 4.58. The highest BCUT2D eigenvalue weighted by molar-refractivity contribution is 5.65. The van der Waals surface area contributed by atoms with Crippen molar-refractivity contribution in [2.45, 2.75) is 32.7 Å². The van der Waals surface area contributed by atoms with Crippen LogP contribution >= 0.6 is 0 Å². The number of anilines is 3. The normalized spacial score (nSPS) is 14.2. The van der Waals surface area contributed by atoms with Crippen molar-refractivity contribution in [1.82, 2.24) is 15.2 Å². The number of para-hydroxylation sites is 1. The molecule has 0 saturated heterocycles. The van der Waals surface area contributed by atoms with Crippen LogP contribution in [0.15, 0.2) is 30.5 Å². The smallest absolute Gasteiger partial charge is 0.244 e. The van der Waals surface area contributed by atoms with Crippen molar-refractivity contribution in [3.63, 3.8) is 0 Å². The Balaban J connectivity index is 1.94. The lowest BCUT2D eigenvalue weighted by atomic mass is 10.0. The fourth-order valence-electron chi connectivity index (χ4n) is 2.52. The van der Waals surface area contributed by atoms with Gasteiger partial charge in [-0.1, -0.05) is 18.2 Å². The predicted octanol–water partition coefficient (Wildman–Crippen LogP) is 2.78. The molecule has 1 aromatic heterocycles. The van der Waals surface area contributed by atoms with Gasteiger partial charge in [0, 0.05) is 18.3 Å². The molecule has 1 aliphatic rings. The summed E-state index contributed by atoms with van der Waals surface area (Å²) in [5.74, 6) is 1.44. The molecule has 0 atom stereocenters. The molecule has 5 nitrogen and oxygen atoms in total. The van der Waals surface area contributed by atoms with E-state index in [0.717, 1.165) is 25.2 Å². The van der Waals surface area contributed by atoms with Gasteiger partial charge in [-0.15, -0.1) is 5.10 Å². The van der Waals surface area contributed by atoms with E-state index >= 15 is 0 Å². The molecule has 0 fully saturated rings. The molecule has 104 valence electrons. The molecule has 0 saturated carbocycles. The van der Waals surface area contributed by atoms with Crippen LogP contribution in [0.25, 0.3) is 0 Å². The lowest BCUT2D eigenvalue weighted by Crippen LogP contribution is -2.26. The Morgan fingerprint density at radius 2 is 2.10 bits per heavy atom.